The first-order chi connectivity index (χ1) is 40.0. The number of esters is 3. The third-order valence-corrected chi connectivity index (χ3v) is 15.7. The predicted molar refractivity (Wildman–Crippen MR) is 353 cm³/mol. The predicted octanol–water partition coefficient (Wildman–Crippen LogP) is 24.4. The van der Waals surface area contributed by atoms with E-state index in [1.807, 2.05) is 6.08 Å². The molecule has 0 fully saturated rings. The summed E-state index contributed by atoms with van der Waals surface area (Å²) in [5.74, 6) is -0.975. The van der Waals surface area contributed by atoms with Crippen molar-refractivity contribution in [2.24, 2.45) is 0 Å². The van der Waals surface area contributed by atoms with Crippen LogP contribution < -0.4 is 0 Å². The molecule has 1 atom stereocenters. The molecule has 0 aromatic carbocycles. The second-order valence-corrected chi connectivity index (χ2v) is 23.8. The van der Waals surface area contributed by atoms with Gasteiger partial charge in [0.1, 0.15) is 13.2 Å². The van der Waals surface area contributed by atoms with Gasteiger partial charge in [-0.15, -0.1) is 0 Å². The van der Waals surface area contributed by atoms with Crippen molar-refractivity contribution in [1.82, 2.24) is 0 Å². The number of hydrogen-bond donors (Lipinski definition) is 0. The Balaban J connectivity index is 4.09. The fraction of sp³-hybridized carbons (Fsp3) is 0.800. The van der Waals surface area contributed by atoms with Gasteiger partial charge in [-0.2, -0.15) is 0 Å². The van der Waals surface area contributed by atoms with Gasteiger partial charge in [-0.1, -0.05) is 325 Å². The molecule has 0 radical (unpaired) electrons. The number of ether oxygens (including phenoxy) is 3. The van der Waals surface area contributed by atoms with E-state index in [1.165, 1.54) is 244 Å². The molecule has 0 rings (SSSR count). The standard InChI is InChI=1S/C75H134O6/c1-4-7-10-13-16-19-22-25-27-28-29-30-31-32-33-34-35-36-37-38-39-40-41-42-43-44-45-46-48-50-53-56-59-62-65-68-74(77)80-71-72(70-79-73(76)67-64-61-58-55-52-49-24-21-18-15-12-9-6-3)81-75(78)69-66-63-60-57-54-51-47-26-23-20-17-14-11-8-5-2/h9,12,18,21,26,28-29,47,49,52,58,61,72H,4-8,10-11,13-17,19-20,22-25,27,30-46,48,50-51,53-57,59-60,62-71H2,1-3H3/b12-9-,21-18-,29-28-,47-26-,52-49-,61-58-. The van der Waals surface area contributed by atoms with Crippen LogP contribution >= 0.6 is 0 Å². The van der Waals surface area contributed by atoms with Crippen molar-refractivity contribution in [1.29, 1.82) is 0 Å². The minimum Gasteiger partial charge on any atom is -0.462 e. The lowest BCUT2D eigenvalue weighted by Crippen LogP contribution is -2.30. The Morgan fingerprint density at radius 3 is 0.827 bits per heavy atom. The topological polar surface area (TPSA) is 78.9 Å². The number of unbranched alkanes of at least 4 members (excludes halogenated alkanes) is 42. The van der Waals surface area contributed by atoms with Crippen molar-refractivity contribution in [2.45, 2.75) is 374 Å². The Labute approximate surface area is 503 Å². The zero-order valence-corrected chi connectivity index (χ0v) is 54.1. The summed E-state index contributed by atoms with van der Waals surface area (Å²) in [6.45, 7) is 6.49. The van der Waals surface area contributed by atoms with Crippen LogP contribution in [0.25, 0.3) is 0 Å². The lowest BCUT2D eigenvalue weighted by Gasteiger charge is -2.18. The first-order valence-corrected chi connectivity index (χ1v) is 35.4. The summed E-state index contributed by atoms with van der Waals surface area (Å²) < 4.78 is 16.8. The van der Waals surface area contributed by atoms with Gasteiger partial charge in [0, 0.05) is 19.3 Å². The molecule has 0 bridgehead atoms. The van der Waals surface area contributed by atoms with Crippen LogP contribution in [-0.2, 0) is 28.6 Å². The van der Waals surface area contributed by atoms with Crippen LogP contribution in [0.4, 0.5) is 0 Å². The highest BCUT2D eigenvalue weighted by Crippen LogP contribution is 2.18. The highest BCUT2D eigenvalue weighted by molar-refractivity contribution is 5.71. The Morgan fingerprint density at radius 2 is 0.506 bits per heavy atom. The van der Waals surface area contributed by atoms with E-state index in [1.54, 1.807) is 0 Å². The third-order valence-electron chi connectivity index (χ3n) is 15.7. The van der Waals surface area contributed by atoms with E-state index in [2.05, 4.69) is 87.6 Å². The van der Waals surface area contributed by atoms with E-state index >= 15 is 0 Å². The van der Waals surface area contributed by atoms with E-state index < -0.39 is 6.10 Å². The number of rotatable bonds is 65. The van der Waals surface area contributed by atoms with E-state index in [-0.39, 0.29) is 37.5 Å². The van der Waals surface area contributed by atoms with Crippen LogP contribution in [0.2, 0.25) is 0 Å². The number of allylic oxidation sites excluding steroid dienone is 12. The summed E-state index contributed by atoms with van der Waals surface area (Å²) in [6, 6.07) is 0. The number of hydrogen-bond acceptors (Lipinski definition) is 6. The van der Waals surface area contributed by atoms with Crippen molar-refractivity contribution < 1.29 is 28.6 Å². The fourth-order valence-electron chi connectivity index (χ4n) is 10.4. The van der Waals surface area contributed by atoms with E-state index in [0.29, 0.717) is 19.3 Å². The molecule has 0 amide bonds. The molecule has 6 heteroatoms. The summed E-state index contributed by atoms with van der Waals surface area (Å²) in [7, 11) is 0. The molecule has 0 aromatic rings. The molecule has 81 heavy (non-hydrogen) atoms. The summed E-state index contributed by atoms with van der Waals surface area (Å²) in [4.78, 5) is 38.2. The molecule has 0 aliphatic rings. The van der Waals surface area contributed by atoms with E-state index in [9.17, 15) is 14.4 Å². The maximum Gasteiger partial charge on any atom is 0.306 e. The molecule has 0 saturated heterocycles. The van der Waals surface area contributed by atoms with Crippen molar-refractivity contribution in [3.05, 3.63) is 72.9 Å². The van der Waals surface area contributed by atoms with Crippen LogP contribution in [0.15, 0.2) is 72.9 Å². The first-order valence-electron chi connectivity index (χ1n) is 35.4. The average Bonchev–Trinajstić information content (AvgIpc) is 3.46. The minimum atomic E-state index is -0.808. The second-order valence-electron chi connectivity index (χ2n) is 23.8. The van der Waals surface area contributed by atoms with E-state index in [4.69, 9.17) is 14.2 Å². The molecule has 0 aromatic heterocycles. The van der Waals surface area contributed by atoms with Crippen LogP contribution in [0, 0.1) is 0 Å². The zero-order valence-electron chi connectivity index (χ0n) is 54.1. The van der Waals surface area contributed by atoms with Crippen LogP contribution in [0.1, 0.15) is 367 Å². The average molecular weight is 1130 g/mol. The minimum absolute atomic E-state index is 0.0976. The Bertz CT molecular complexity index is 1490. The molecule has 1 unspecified atom stereocenters. The quantitative estimate of drug-likeness (QED) is 0.0261. The Hall–Kier alpha value is -3.15. The van der Waals surface area contributed by atoms with Gasteiger partial charge in [0.25, 0.3) is 0 Å². The number of carbonyl (C=O) groups excluding carboxylic acids is 3. The number of carbonyl (C=O) groups is 3. The SMILES string of the molecule is CC/C=C\C/C=C\C/C=C\C/C=C\CCC(=O)OCC(COC(=O)CCCCCCCCCCCCCCCCCCCCCCCCC/C=C\CCCCCCCCCC)OC(=O)CCCCCCC/C=C\CCCCCCCC. The summed E-state index contributed by atoms with van der Waals surface area (Å²) in [5.41, 5.74) is 0. The Morgan fingerprint density at radius 1 is 0.259 bits per heavy atom. The van der Waals surface area contributed by atoms with Gasteiger partial charge in [-0.25, -0.2) is 0 Å². The van der Waals surface area contributed by atoms with Gasteiger partial charge in [0.2, 0.25) is 0 Å². The highest BCUT2D eigenvalue weighted by atomic mass is 16.6. The summed E-state index contributed by atoms with van der Waals surface area (Å²) in [5, 5.41) is 0. The molecule has 0 aliphatic carbocycles. The van der Waals surface area contributed by atoms with E-state index in [0.717, 1.165) is 77.0 Å². The van der Waals surface area contributed by atoms with Gasteiger partial charge < -0.3 is 14.2 Å². The molecule has 6 nitrogen and oxygen atoms in total. The fourth-order valence-corrected chi connectivity index (χ4v) is 10.4. The second kappa shape index (κ2) is 69.3. The van der Waals surface area contributed by atoms with Crippen molar-refractivity contribution in [3.63, 3.8) is 0 Å². The van der Waals surface area contributed by atoms with Gasteiger partial charge in [-0.05, 0) is 96.3 Å². The lowest BCUT2D eigenvalue weighted by molar-refractivity contribution is -0.166. The molecule has 0 heterocycles. The molecule has 470 valence electrons. The summed E-state index contributed by atoms with van der Waals surface area (Å²) >= 11 is 0. The van der Waals surface area contributed by atoms with Crippen LogP contribution in [-0.4, -0.2) is 37.2 Å². The monoisotopic (exact) mass is 1130 g/mol. The van der Waals surface area contributed by atoms with Crippen molar-refractivity contribution in [3.8, 4) is 0 Å². The van der Waals surface area contributed by atoms with Gasteiger partial charge >= 0.3 is 17.9 Å². The molecular formula is C75H134O6. The maximum absolute atomic E-state index is 12.9. The summed E-state index contributed by atoms with van der Waals surface area (Å²) in [6.07, 6.45) is 91.2. The van der Waals surface area contributed by atoms with Gasteiger partial charge in [0.05, 0.1) is 0 Å². The van der Waals surface area contributed by atoms with Crippen molar-refractivity contribution >= 4 is 17.9 Å². The van der Waals surface area contributed by atoms with Gasteiger partial charge in [-0.3, -0.25) is 14.4 Å². The first kappa shape index (κ1) is 77.9. The maximum atomic E-state index is 12.9. The largest absolute Gasteiger partial charge is 0.462 e. The molecular weight excluding hydrogens is 997 g/mol. The zero-order chi connectivity index (χ0) is 58.5. The molecule has 0 aliphatic heterocycles. The molecule has 0 saturated carbocycles. The molecule has 0 N–H and O–H groups in total. The van der Waals surface area contributed by atoms with Gasteiger partial charge in [0.15, 0.2) is 6.10 Å². The smallest absolute Gasteiger partial charge is 0.306 e. The lowest BCUT2D eigenvalue weighted by atomic mass is 10.0. The van der Waals surface area contributed by atoms with Crippen LogP contribution in [0.3, 0.4) is 0 Å². The Kier molecular flexibility index (Phi) is 66.6. The van der Waals surface area contributed by atoms with Crippen LogP contribution in [0.5, 0.6) is 0 Å². The van der Waals surface area contributed by atoms with Crippen molar-refractivity contribution in [2.75, 3.05) is 13.2 Å². The highest BCUT2D eigenvalue weighted by Gasteiger charge is 2.19. The molecule has 0 spiro atoms. The normalized spacial score (nSPS) is 12.5. The third kappa shape index (κ3) is 67.5.